The lowest BCUT2D eigenvalue weighted by molar-refractivity contribution is 0.378. The van der Waals surface area contributed by atoms with Gasteiger partial charge in [-0.3, -0.25) is 0 Å². The van der Waals surface area contributed by atoms with Crippen LogP contribution in [0.25, 0.3) is 0 Å². The van der Waals surface area contributed by atoms with Crippen LogP contribution in [-0.2, 0) is 0 Å². The summed E-state index contributed by atoms with van der Waals surface area (Å²) in [5.41, 5.74) is 0. The summed E-state index contributed by atoms with van der Waals surface area (Å²) in [6, 6.07) is 0.855. The quantitative estimate of drug-likeness (QED) is 0.558. The zero-order chi connectivity index (χ0) is 6.27. The Morgan fingerprint density at radius 1 is 1.11 bits per heavy atom. The summed E-state index contributed by atoms with van der Waals surface area (Å²) in [5, 5.41) is 3.36. The molecule has 2 aliphatic rings. The molecular weight excluding hydrogens is 110 g/mol. The van der Waals surface area contributed by atoms with Crippen molar-refractivity contribution in [3.05, 3.63) is 0 Å². The van der Waals surface area contributed by atoms with E-state index in [-0.39, 0.29) is 0 Å². The van der Waals surface area contributed by atoms with Gasteiger partial charge in [-0.05, 0) is 44.6 Å². The number of nitrogens with one attached hydrogen (secondary N) is 1. The second-order valence-electron chi connectivity index (χ2n) is 3.55. The molecule has 0 saturated heterocycles. The normalized spacial score (nSPS) is 48.3. The molecule has 1 nitrogen and oxygen atoms in total. The number of rotatable bonds is 1. The topological polar surface area (TPSA) is 12.0 Å². The van der Waals surface area contributed by atoms with Crippen molar-refractivity contribution in [1.29, 1.82) is 0 Å². The third-order valence-corrected chi connectivity index (χ3v) is 2.95. The van der Waals surface area contributed by atoms with Crippen molar-refractivity contribution in [2.24, 2.45) is 11.8 Å². The van der Waals surface area contributed by atoms with E-state index in [0.717, 1.165) is 17.9 Å². The zero-order valence-corrected chi connectivity index (χ0v) is 6.06. The van der Waals surface area contributed by atoms with Crippen molar-refractivity contribution >= 4 is 0 Å². The second kappa shape index (κ2) is 1.98. The minimum Gasteiger partial charge on any atom is -0.317 e. The van der Waals surface area contributed by atoms with Crippen LogP contribution < -0.4 is 5.32 Å². The fourth-order valence-corrected chi connectivity index (χ4v) is 2.11. The van der Waals surface area contributed by atoms with E-state index in [9.17, 15) is 0 Å². The minimum absolute atomic E-state index is 0.855. The van der Waals surface area contributed by atoms with Gasteiger partial charge in [0, 0.05) is 6.04 Å². The van der Waals surface area contributed by atoms with Gasteiger partial charge in [0.15, 0.2) is 0 Å². The molecule has 9 heavy (non-hydrogen) atoms. The van der Waals surface area contributed by atoms with Gasteiger partial charge in [0.05, 0.1) is 0 Å². The van der Waals surface area contributed by atoms with Crippen molar-refractivity contribution < 1.29 is 0 Å². The first-order valence-corrected chi connectivity index (χ1v) is 4.07. The summed E-state index contributed by atoms with van der Waals surface area (Å²) >= 11 is 0. The Hall–Kier alpha value is -0.0400. The van der Waals surface area contributed by atoms with Crippen molar-refractivity contribution in [3.63, 3.8) is 0 Å². The summed E-state index contributed by atoms with van der Waals surface area (Å²) in [4.78, 5) is 0. The lowest BCUT2D eigenvalue weighted by Gasteiger charge is -2.19. The number of hydrogen-bond acceptors (Lipinski definition) is 1. The molecule has 0 aromatic carbocycles. The molecule has 2 fully saturated rings. The highest BCUT2D eigenvalue weighted by molar-refractivity contribution is 4.94. The summed E-state index contributed by atoms with van der Waals surface area (Å²) in [6.07, 6.45) is 5.92. The third kappa shape index (κ3) is 0.983. The van der Waals surface area contributed by atoms with Gasteiger partial charge >= 0.3 is 0 Å². The number of hydrogen-bond donors (Lipinski definition) is 1. The first-order chi connectivity index (χ1) is 4.40. The predicted octanol–water partition coefficient (Wildman–Crippen LogP) is 1.39. The van der Waals surface area contributed by atoms with Crippen LogP contribution in [0.15, 0.2) is 0 Å². The van der Waals surface area contributed by atoms with Crippen LogP contribution in [0.4, 0.5) is 0 Å². The van der Waals surface area contributed by atoms with Crippen molar-refractivity contribution in [1.82, 2.24) is 5.32 Å². The lowest BCUT2D eigenvalue weighted by atomic mass is 9.96. The van der Waals surface area contributed by atoms with Gasteiger partial charge in [0.25, 0.3) is 0 Å². The summed E-state index contributed by atoms with van der Waals surface area (Å²) in [7, 11) is 2.09. The van der Waals surface area contributed by atoms with E-state index < -0.39 is 0 Å². The molecule has 2 aliphatic carbocycles. The van der Waals surface area contributed by atoms with E-state index in [2.05, 4.69) is 12.4 Å². The molecule has 52 valence electrons. The van der Waals surface area contributed by atoms with E-state index in [1.807, 2.05) is 0 Å². The Balaban J connectivity index is 1.86. The molecule has 0 aliphatic heterocycles. The monoisotopic (exact) mass is 125 g/mol. The second-order valence-corrected chi connectivity index (χ2v) is 3.55. The van der Waals surface area contributed by atoms with Gasteiger partial charge in [-0.15, -0.1) is 0 Å². The van der Waals surface area contributed by atoms with Crippen LogP contribution in [0.3, 0.4) is 0 Å². The number of fused-ring (bicyclic) bond motifs is 1. The summed E-state index contributed by atoms with van der Waals surface area (Å²) < 4.78 is 0. The standard InChI is InChI=1S/C8H15N/c1-9-8-3-2-6-4-7(6)5-8/h6-9H,2-5H2,1H3/t6-,7-,8-/m0/s1. The summed E-state index contributed by atoms with van der Waals surface area (Å²) in [6.45, 7) is 0. The average molecular weight is 125 g/mol. The SMILES string of the molecule is CN[C@H]1CC[C@H]2C[C@H]2C1. The first kappa shape index (κ1) is 5.72. The first-order valence-electron chi connectivity index (χ1n) is 4.07. The third-order valence-electron chi connectivity index (χ3n) is 2.95. The molecule has 0 spiro atoms. The zero-order valence-electron chi connectivity index (χ0n) is 6.06. The largest absolute Gasteiger partial charge is 0.317 e. The van der Waals surface area contributed by atoms with Crippen molar-refractivity contribution in [2.75, 3.05) is 7.05 Å². The van der Waals surface area contributed by atoms with Crippen LogP contribution >= 0.6 is 0 Å². The molecule has 0 aromatic heterocycles. The minimum atomic E-state index is 0.855. The highest BCUT2D eigenvalue weighted by Gasteiger charge is 2.41. The molecule has 0 radical (unpaired) electrons. The molecule has 2 rings (SSSR count). The van der Waals surface area contributed by atoms with Crippen LogP contribution in [0, 0.1) is 11.8 Å². The van der Waals surface area contributed by atoms with Gasteiger partial charge < -0.3 is 5.32 Å². The van der Waals surface area contributed by atoms with E-state index in [4.69, 9.17) is 0 Å². The Morgan fingerprint density at radius 3 is 2.67 bits per heavy atom. The Kier molecular flexibility index (Phi) is 1.26. The highest BCUT2D eigenvalue weighted by Crippen LogP contribution is 2.49. The molecule has 0 amide bonds. The van der Waals surface area contributed by atoms with Gasteiger partial charge in [0.1, 0.15) is 0 Å². The van der Waals surface area contributed by atoms with E-state index >= 15 is 0 Å². The average Bonchev–Trinajstić information content (AvgIpc) is 2.64. The summed E-state index contributed by atoms with van der Waals surface area (Å²) in [5.74, 6) is 2.27. The van der Waals surface area contributed by atoms with Crippen LogP contribution in [-0.4, -0.2) is 13.1 Å². The van der Waals surface area contributed by atoms with Gasteiger partial charge in [-0.2, -0.15) is 0 Å². The highest BCUT2D eigenvalue weighted by atomic mass is 14.9. The van der Waals surface area contributed by atoms with Gasteiger partial charge in [-0.1, -0.05) is 0 Å². The van der Waals surface area contributed by atoms with Crippen LogP contribution in [0.1, 0.15) is 25.7 Å². The fourth-order valence-electron chi connectivity index (χ4n) is 2.11. The van der Waals surface area contributed by atoms with Crippen LogP contribution in [0.5, 0.6) is 0 Å². The predicted molar refractivity (Wildman–Crippen MR) is 38.3 cm³/mol. The van der Waals surface area contributed by atoms with E-state index in [0.29, 0.717) is 0 Å². The Labute approximate surface area is 56.8 Å². The maximum absolute atomic E-state index is 3.36. The van der Waals surface area contributed by atoms with E-state index in [1.54, 1.807) is 0 Å². The Bertz CT molecular complexity index is 111. The van der Waals surface area contributed by atoms with Crippen LogP contribution in [0.2, 0.25) is 0 Å². The van der Waals surface area contributed by atoms with Crippen molar-refractivity contribution in [2.45, 2.75) is 31.7 Å². The molecule has 0 unspecified atom stereocenters. The van der Waals surface area contributed by atoms with Crippen molar-refractivity contribution in [3.8, 4) is 0 Å². The van der Waals surface area contributed by atoms with Gasteiger partial charge in [0.2, 0.25) is 0 Å². The van der Waals surface area contributed by atoms with E-state index in [1.165, 1.54) is 25.7 Å². The lowest BCUT2D eigenvalue weighted by Crippen LogP contribution is -2.28. The molecule has 0 heterocycles. The molecule has 1 N–H and O–H groups in total. The maximum atomic E-state index is 3.36. The molecule has 1 heteroatoms. The molecule has 3 atom stereocenters. The Morgan fingerprint density at radius 2 is 2.00 bits per heavy atom. The molecule has 0 aromatic rings. The fraction of sp³-hybridized carbons (Fsp3) is 1.00. The molecule has 0 bridgehead atoms. The molecule has 2 saturated carbocycles. The molecular formula is C8H15N. The smallest absolute Gasteiger partial charge is 0.00669 e. The maximum Gasteiger partial charge on any atom is 0.00669 e. The van der Waals surface area contributed by atoms with Gasteiger partial charge in [-0.25, -0.2) is 0 Å².